The van der Waals surface area contributed by atoms with Gasteiger partial charge < -0.3 is 5.32 Å². The van der Waals surface area contributed by atoms with Gasteiger partial charge in [-0.15, -0.1) is 0 Å². The molecule has 1 fully saturated rings. The number of benzene rings is 1. The number of Topliss-reactive ketones (excluding diaryl/α,β-unsaturated/α-hetero) is 1. The van der Waals surface area contributed by atoms with E-state index < -0.39 is 0 Å². The lowest BCUT2D eigenvalue weighted by molar-refractivity contribution is 0.0975. The van der Waals surface area contributed by atoms with E-state index in [2.05, 4.69) is 5.32 Å². The van der Waals surface area contributed by atoms with Crippen molar-refractivity contribution in [1.82, 2.24) is 5.32 Å². The molecular weight excluding hydrogens is 257 g/mol. The van der Waals surface area contributed by atoms with Crippen LogP contribution >= 0.6 is 23.2 Å². The molecule has 0 aromatic heterocycles. The monoisotopic (exact) mass is 271 g/mol. The highest BCUT2D eigenvalue weighted by Crippen LogP contribution is 2.27. The van der Waals surface area contributed by atoms with E-state index in [0.717, 1.165) is 25.9 Å². The Labute approximate surface area is 111 Å². The van der Waals surface area contributed by atoms with Gasteiger partial charge in [0.05, 0.1) is 10.0 Å². The van der Waals surface area contributed by atoms with Crippen LogP contribution < -0.4 is 5.32 Å². The maximum atomic E-state index is 12.0. The number of hydrogen-bond donors (Lipinski definition) is 1. The second-order valence-electron chi connectivity index (χ2n) is 4.42. The van der Waals surface area contributed by atoms with Gasteiger partial charge >= 0.3 is 0 Å². The summed E-state index contributed by atoms with van der Waals surface area (Å²) in [6.45, 7) is 2.09. The molecule has 2 rings (SSSR count). The Morgan fingerprint density at radius 2 is 2.24 bits per heavy atom. The van der Waals surface area contributed by atoms with Crippen molar-refractivity contribution in [2.24, 2.45) is 5.92 Å². The van der Waals surface area contributed by atoms with E-state index in [4.69, 9.17) is 23.2 Å². The van der Waals surface area contributed by atoms with Crippen molar-refractivity contribution in [2.45, 2.75) is 19.3 Å². The molecule has 17 heavy (non-hydrogen) atoms. The van der Waals surface area contributed by atoms with Crippen molar-refractivity contribution >= 4 is 29.0 Å². The molecule has 0 radical (unpaired) electrons. The van der Waals surface area contributed by atoms with Gasteiger partial charge in [-0.3, -0.25) is 4.79 Å². The molecule has 0 spiro atoms. The normalized spacial score (nSPS) is 19.5. The van der Waals surface area contributed by atoms with Crippen molar-refractivity contribution in [2.75, 3.05) is 13.1 Å². The predicted molar refractivity (Wildman–Crippen MR) is 71.0 cm³/mol. The van der Waals surface area contributed by atoms with Crippen LogP contribution in [0.3, 0.4) is 0 Å². The fraction of sp³-hybridized carbons (Fsp3) is 0.462. The fourth-order valence-corrected chi connectivity index (χ4v) is 2.56. The van der Waals surface area contributed by atoms with Crippen LogP contribution in [-0.4, -0.2) is 18.9 Å². The summed E-state index contributed by atoms with van der Waals surface area (Å²) in [5, 5.41) is 4.12. The van der Waals surface area contributed by atoms with E-state index >= 15 is 0 Å². The van der Waals surface area contributed by atoms with Crippen LogP contribution in [0.4, 0.5) is 0 Å². The Bertz CT molecular complexity index is 414. The maximum absolute atomic E-state index is 12.0. The largest absolute Gasteiger partial charge is 0.316 e. The molecule has 1 heterocycles. The van der Waals surface area contributed by atoms with Gasteiger partial charge in [0.25, 0.3) is 0 Å². The van der Waals surface area contributed by atoms with Gasteiger partial charge in [0.1, 0.15) is 0 Å². The lowest BCUT2D eigenvalue weighted by atomic mass is 9.98. The first-order valence-electron chi connectivity index (χ1n) is 5.86. The molecule has 1 aromatic rings. The van der Waals surface area contributed by atoms with Gasteiger partial charge in [0, 0.05) is 12.0 Å². The highest BCUT2D eigenvalue weighted by molar-refractivity contribution is 6.43. The van der Waals surface area contributed by atoms with Gasteiger partial charge in [-0.2, -0.15) is 0 Å². The minimum absolute atomic E-state index is 0.0874. The van der Waals surface area contributed by atoms with Gasteiger partial charge in [-0.25, -0.2) is 0 Å². The standard InChI is InChI=1S/C13H15Cl2NO/c14-11-3-1-2-10(13(11)15)12(17)5-4-9-6-7-16-8-9/h1-3,9,16H,4-8H2. The second-order valence-corrected chi connectivity index (χ2v) is 5.21. The van der Waals surface area contributed by atoms with Crippen molar-refractivity contribution < 1.29 is 4.79 Å². The highest BCUT2D eigenvalue weighted by atomic mass is 35.5. The van der Waals surface area contributed by atoms with Crippen LogP contribution in [0.15, 0.2) is 18.2 Å². The van der Waals surface area contributed by atoms with E-state index in [1.165, 1.54) is 0 Å². The zero-order chi connectivity index (χ0) is 12.3. The summed E-state index contributed by atoms with van der Waals surface area (Å²) in [6.07, 6.45) is 2.64. The zero-order valence-electron chi connectivity index (χ0n) is 9.51. The Morgan fingerprint density at radius 1 is 1.41 bits per heavy atom. The van der Waals surface area contributed by atoms with Crippen LogP contribution in [-0.2, 0) is 0 Å². The Balaban J connectivity index is 1.97. The number of nitrogens with one attached hydrogen (secondary N) is 1. The molecular formula is C13H15Cl2NO. The summed E-state index contributed by atoms with van der Waals surface area (Å²) in [5.41, 5.74) is 0.546. The maximum Gasteiger partial charge on any atom is 0.164 e. The van der Waals surface area contributed by atoms with Crippen molar-refractivity contribution in [3.8, 4) is 0 Å². The predicted octanol–water partition coefficient (Wildman–Crippen LogP) is 3.57. The number of hydrogen-bond acceptors (Lipinski definition) is 2. The highest BCUT2D eigenvalue weighted by Gasteiger charge is 2.18. The number of rotatable bonds is 4. The summed E-state index contributed by atoms with van der Waals surface area (Å²) in [5.74, 6) is 0.710. The molecule has 1 aromatic carbocycles. The quantitative estimate of drug-likeness (QED) is 0.849. The molecule has 1 aliphatic heterocycles. The van der Waals surface area contributed by atoms with E-state index in [1.54, 1.807) is 18.2 Å². The molecule has 0 amide bonds. The van der Waals surface area contributed by atoms with E-state index in [9.17, 15) is 4.79 Å². The first kappa shape index (κ1) is 12.9. The molecule has 0 aliphatic carbocycles. The molecule has 1 atom stereocenters. The molecule has 0 saturated carbocycles. The molecule has 2 nitrogen and oxygen atoms in total. The molecule has 1 N–H and O–H groups in total. The van der Waals surface area contributed by atoms with Crippen LogP contribution in [0.1, 0.15) is 29.6 Å². The lowest BCUT2D eigenvalue weighted by Gasteiger charge is -2.08. The molecule has 4 heteroatoms. The third kappa shape index (κ3) is 3.21. The molecule has 0 bridgehead atoms. The summed E-state index contributed by atoms with van der Waals surface area (Å²) < 4.78 is 0. The third-order valence-electron chi connectivity index (χ3n) is 3.19. The van der Waals surface area contributed by atoms with Gasteiger partial charge in [0.2, 0.25) is 0 Å². The van der Waals surface area contributed by atoms with Gasteiger partial charge in [-0.05, 0) is 44.0 Å². The van der Waals surface area contributed by atoms with Crippen molar-refractivity contribution in [3.63, 3.8) is 0 Å². The first-order valence-corrected chi connectivity index (χ1v) is 6.62. The summed E-state index contributed by atoms with van der Waals surface area (Å²) in [6, 6.07) is 5.20. The van der Waals surface area contributed by atoms with Gasteiger partial charge in [-0.1, -0.05) is 29.3 Å². The summed E-state index contributed by atoms with van der Waals surface area (Å²) >= 11 is 11.9. The molecule has 1 saturated heterocycles. The Morgan fingerprint density at radius 3 is 2.94 bits per heavy atom. The minimum Gasteiger partial charge on any atom is -0.316 e. The number of carbonyl (C=O) groups excluding carboxylic acids is 1. The van der Waals surface area contributed by atoms with E-state index in [1.807, 2.05) is 0 Å². The lowest BCUT2D eigenvalue weighted by Crippen LogP contribution is -2.10. The molecule has 1 unspecified atom stereocenters. The fourth-order valence-electron chi connectivity index (χ4n) is 2.15. The minimum atomic E-state index is 0.0874. The average molecular weight is 272 g/mol. The summed E-state index contributed by atoms with van der Waals surface area (Å²) in [4.78, 5) is 12.0. The first-order chi connectivity index (χ1) is 8.18. The van der Waals surface area contributed by atoms with Crippen LogP contribution in [0.2, 0.25) is 10.0 Å². The van der Waals surface area contributed by atoms with Crippen molar-refractivity contribution in [1.29, 1.82) is 0 Å². The van der Waals surface area contributed by atoms with Crippen LogP contribution in [0, 0.1) is 5.92 Å². The average Bonchev–Trinajstić information content (AvgIpc) is 2.82. The number of ketones is 1. The topological polar surface area (TPSA) is 29.1 Å². The third-order valence-corrected chi connectivity index (χ3v) is 4.01. The smallest absolute Gasteiger partial charge is 0.164 e. The van der Waals surface area contributed by atoms with Crippen molar-refractivity contribution in [3.05, 3.63) is 33.8 Å². The molecule has 1 aliphatic rings. The Kier molecular flexibility index (Phi) is 4.43. The van der Waals surface area contributed by atoms with Gasteiger partial charge in [0.15, 0.2) is 5.78 Å². The molecule has 92 valence electrons. The number of halogens is 2. The summed E-state index contributed by atoms with van der Waals surface area (Å²) in [7, 11) is 0. The van der Waals surface area contributed by atoms with Crippen LogP contribution in [0.25, 0.3) is 0 Å². The second kappa shape index (κ2) is 5.85. The number of carbonyl (C=O) groups is 1. The van der Waals surface area contributed by atoms with Crippen LogP contribution in [0.5, 0.6) is 0 Å². The van der Waals surface area contributed by atoms with E-state index in [0.29, 0.717) is 27.9 Å². The van der Waals surface area contributed by atoms with E-state index in [-0.39, 0.29) is 5.78 Å². The zero-order valence-corrected chi connectivity index (χ0v) is 11.0. The SMILES string of the molecule is O=C(CCC1CCNC1)c1cccc(Cl)c1Cl. The Hall–Kier alpha value is -0.570.